The van der Waals surface area contributed by atoms with Crippen molar-refractivity contribution in [3.8, 4) is 0 Å². The zero-order valence-corrected chi connectivity index (χ0v) is 10.1. The van der Waals surface area contributed by atoms with Gasteiger partial charge in [-0.15, -0.1) is 0 Å². The van der Waals surface area contributed by atoms with Crippen LogP contribution in [-0.4, -0.2) is 26.5 Å². The summed E-state index contributed by atoms with van der Waals surface area (Å²) in [5.41, 5.74) is 0. The second-order valence-electron chi connectivity index (χ2n) is 2.93. The molecule has 0 aromatic carbocycles. The van der Waals surface area contributed by atoms with Crippen LogP contribution in [0, 0.1) is 3.57 Å². The van der Waals surface area contributed by atoms with Crippen LogP contribution in [0.1, 0.15) is 5.82 Å². The average Bonchev–Trinajstić information content (AvgIpc) is 2.74. The van der Waals surface area contributed by atoms with Gasteiger partial charge in [-0.1, -0.05) is 0 Å². The molecule has 0 bridgehead atoms. The second-order valence-corrected chi connectivity index (χ2v) is 4.09. The molecule has 2 heterocycles. The molecule has 0 atom stereocenters. The molecule has 2 N–H and O–H groups in total. The van der Waals surface area contributed by atoms with E-state index < -0.39 is 0 Å². The van der Waals surface area contributed by atoms with E-state index in [0.717, 1.165) is 28.2 Å². The molecule has 2 aromatic heterocycles. The van der Waals surface area contributed by atoms with Crippen molar-refractivity contribution >= 4 is 28.4 Å². The third-order valence-corrected chi connectivity index (χ3v) is 2.67. The minimum Gasteiger partial charge on any atom is -0.369 e. The van der Waals surface area contributed by atoms with Gasteiger partial charge in [0.15, 0.2) is 0 Å². The van der Waals surface area contributed by atoms with Crippen LogP contribution >= 0.6 is 22.6 Å². The van der Waals surface area contributed by atoms with E-state index in [1.54, 1.807) is 12.4 Å². The van der Waals surface area contributed by atoms with Gasteiger partial charge in [-0.3, -0.25) is 0 Å². The highest BCUT2D eigenvalue weighted by Gasteiger charge is 2.00. The maximum absolute atomic E-state index is 4.14. The fourth-order valence-corrected chi connectivity index (χ4v) is 1.67. The first kappa shape index (κ1) is 10.3. The molecule has 0 fully saturated rings. The van der Waals surface area contributed by atoms with Crippen LogP contribution in [0.3, 0.4) is 0 Å². The van der Waals surface area contributed by atoms with Crippen molar-refractivity contribution in [2.75, 3.05) is 11.9 Å². The first-order valence-corrected chi connectivity index (χ1v) is 5.62. The molecule has 5 nitrogen and oxygen atoms in total. The van der Waals surface area contributed by atoms with Crippen LogP contribution in [0.2, 0.25) is 0 Å². The highest BCUT2D eigenvalue weighted by molar-refractivity contribution is 14.1. The van der Waals surface area contributed by atoms with Crippen molar-refractivity contribution in [3.63, 3.8) is 0 Å². The van der Waals surface area contributed by atoms with E-state index in [0.29, 0.717) is 0 Å². The maximum atomic E-state index is 4.14. The van der Waals surface area contributed by atoms with Gasteiger partial charge >= 0.3 is 0 Å². The number of rotatable bonds is 4. The topological polar surface area (TPSA) is 66.5 Å². The van der Waals surface area contributed by atoms with E-state index in [2.05, 4.69) is 47.8 Å². The van der Waals surface area contributed by atoms with Crippen LogP contribution < -0.4 is 5.32 Å². The standard InChI is InChI=1S/C9H10IN5/c10-7-5-11-6-15-9(7)14-2-1-8-12-3-4-13-8/h3-6H,1-2H2,(H,12,13)(H,11,14,15). The fourth-order valence-electron chi connectivity index (χ4n) is 1.18. The van der Waals surface area contributed by atoms with E-state index in [1.807, 2.05) is 6.20 Å². The van der Waals surface area contributed by atoms with Gasteiger partial charge in [0.1, 0.15) is 18.0 Å². The Morgan fingerprint density at radius 1 is 1.40 bits per heavy atom. The monoisotopic (exact) mass is 315 g/mol. The number of imidazole rings is 1. The lowest BCUT2D eigenvalue weighted by atomic mass is 10.4. The van der Waals surface area contributed by atoms with Crippen LogP contribution in [-0.2, 0) is 6.42 Å². The number of H-pyrrole nitrogens is 1. The largest absolute Gasteiger partial charge is 0.369 e. The van der Waals surface area contributed by atoms with Crippen LogP contribution in [0.15, 0.2) is 24.9 Å². The van der Waals surface area contributed by atoms with E-state index in [1.165, 1.54) is 6.33 Å². The van der Waals surface area contributed by atoms with Crippen molar-refractivity contribution in [1.29, 1.82) is 0 Å². The van der Waals surface area contributed by atoms with Crippen molar-refractivity contribution in [2.45, 2.75) is 6.42 Å². The summed E-state index contributed by atoms with van der Waals surface area (Å²) < 4.78 is 1.02. The lowest BCUT2D eigenvalue weighted by molar-refractivity contribution is 0.918. The number of nitrogens with zero attached hydrogens (tertiary/aromatic N) is 3. The molecule has 2 aromatic rings. The average molecular weight is 315 g/mol. The molecule has 0 radical (unpaired) electrons. The minimum atomic E-state index is 0.806. The Balaban J connectivity index is 1.86. The van der Waals surface area contributed by atoms with Gasteiger partial charge in [-0.05, 0) is 22.6 Å². The van der Waals surface area contributed by atoms with Crippen molar-refractivity contribution in [1.82, 2.24) is 19.9 Å². The van der Waals surface area contributed by atoms with Gasteiger partial charge in [0.05, 0.1) is 3.57 Å². The Kier molecular flexibility index (Phi) is 3.49. The van der Waals surface area contributed by atoms with Crippen molar-refractivity contribution < 1.29 is 0 Å². The Bertz CT molecular complexity index is 414. The third-order valence-electron chi connectivity index (χ3n) is 1.88. The molecule has 0 aliphatic carbocycles. The summed E-state index contributed by atoms with van der Waals surface area (Å²) in [6, 6.07) is 0. The Morgan fingerprint density at radius 3 is 3.07 bits per heavy atom. The summed E-state index contributed by atoms with van der Waals surface area (Å²) >= 11 is 2.20. The number of aromatic nitrogens is 4. The summed E-state index contributed by atoms with van der Waals surface area (Å²) in [6.07, 6.45) is 7.75. The van der Waals surface area contributed by atoms with Crippen molar-refractivity contribution in [3.05, 3.63) is 34.3 Å². The smallest absolute Gasteiger partial charge is 0.142 e. The third kappa shape index (κ3) is 2.88. The summed E-state index contributed by atoms with van der Waals surface area (Å²) in [5, 5.41) is 3.23. The molecular formula is C9H10IN5. The zero-order chi connectivity index (χ0) is 10.5. The molecule has 15 heavy (non-hydrogen) atoms. The normalized spacial score (nSPS) is 10.2. The van der Waals surface area contributed by atoms with E-state index in [9.17, 15) is 0 Å². The summed E-state index contributed by atoms with van der Waals surface area (Å²) in [6.45, 7) is 0.806. The van der Waals surface area contributed by atoms with Gasteiger partial charge in [0.25, 0.3) is 0 Å². The number of anilines is 1. The second kappa shape index (κ2) is 5.06. The molecule has 0 spiro atoms. The summed E-state index contributed by atoms with van der Waals surface area (Å²) in [4.78, 5) is 15.3. The van der Waals surface area contributed by atoms with E-state index in [4.69, 9.17) is 0 Å². The lowest BCUT2D eigenvalue weighted by Gasteiger charge is -2.04. The zero-order valence-electron chi connectivity index (χ0n) is 7.94. The molecule has 78 valence electrons. The lowest BCUT2D eigenvalue weighted by Crippen LogP contribution is -2.08. The molecular weight excluding hydrogens is 305 g/mol. The molecule has 6 heteroatoms. The van der Waals surface area contributed by atoms with Crippen LogP contribution in [0.4, 0.5) is 5.82 Å². The first-order chi connectivity index (χ1) is 7.36. The minimum absolute atomic E-state index is 0.806. The molecule has 0 saturated heterocycles. The Labute approximate surface area is 101 Å². The van der Waals surface area contributed by atoms with Gasteiger partial charge < -0.3 is 10.3 Å². The summed E-state index contributed by atoms with van der Waals surface area (Å²) in [7, 11) is 0. The highest BCUT2D eigenvalue weighted by atomic mass is 127. The van der Waals surface area contributed by atoms with Gasteiger partial charge in [-0.25, -0.2) is 15.0 Å². The predicted molar refractivity (Wildman–Crippen MR) is 65.5 cm³/mol. The number of aromatic amines is 1. The van der Waals surface area contributed by atoms with E-state index >= 15 is 0 Å². The predicted octanol–water partition coefficient (Wildman–Crippen LogP) is 1.46. The van der Waals surface area contributed by atoms with Gasteiger partial charge in [0, 0.05) is 31.6 Å². The molecule has 0 aliphatic heterocycles. The first-order valence-electron chi connectivity index (χ1n) is 4.54. The number of nitrogens with one attached hydrogen (secondary N) is 2. The fraction of sp³-hybridized carbons (Fsp3) is 0.222. The molecule has 0 amide bonds. The Hall–Kier alpha value is -1.18. The number of hydrogen-bond acceptors (Lipinski definition) is 4. The quantitative estimate of drug-likeness (QED) is 0.838. The molecule has 0 unspecified atom stereocenters. The van der Waals surface area contributed by atoms with E-state index in [-0.39, 0.29) is 0 Å². The molecule has 0 aliphatic rings. The molecule has 0 saturated carbocycles. The maximum Gasteiger partial charge on any atom is 0.142 e. The van der Waals surface area contributed by atoms with Crippen molar-refractivity contribution in [2.24, 2.45) is 0 Å². The highest BCUT2D eigenvalue weighted by Crippen LogP contribution is 2.11. The number of halogens is 1. The molecule has 2 rings (SSSR count). The van der Waals surface area contributed by atoms with Crippen LogP contribution in [0.5, 0.6) is 0 Å². The van der Waals surface area contributed by atoms with Gasteiger partial charge in [-0.2, -0.15) is 0 Å². The SMILES string of the molecule is Ic1cncnc1NCCc1ncc[nH]1. The van der Waals surface area contributed by atoms with Crippen LogP contribution in [0.25, 0.3) is 0 Å². The van der Waals surface area contributed by atoms with Gasteiger partial charge in [0.2, 0.25) is 0 Å². The summed E-state index contributed by atoms with van der Waals surface area (Å²) in [5.74, 6) is 1.85. The Morgan fingerprint density at radius 2 is 2.33 bits per heavy atom. The number of hydrogen-bond donors (Lipinski definition) is 2.